The van der Waals surface area contributed by atoms with E-state index in [1.165, 1.54) is 21.8 Å². The Morgan fingerprint density at radius 3 is 2.39 bits per heavy atom. The first-order valence-corrected chi connectivity index (χ1v) is 16.7. The molecule has 49 heavy (non-hydrogen) atoms. The quantitative estimate of drug-likeness (QED) is 0.193. The van der Waals surface area contributed by atoms with E-state index in [1.54, 1.807) is 35.2 Å². The minimum absolute atomic E-state index is 0.0476. The molecule has 0 spiro atoms. The van der Waals surface area contributed by atoms with Gasteiger partial charge < -0.3 is 24.0 Å². The second kappa shape index (κ2) is 14.2. The second-order valence-corrected chi connectivity index (χ2v) is 12.7. The number of halogens is 3. The number of anilines is 2. The highest BCUT2D eigenvalue weighted by Gasteiger charge is 2.46. The molecule has 2 aromatic heterocycles. The first-order chi connectivity index (χ1) is 23.8. The maximum Gasteiger partial charge on any atom is 0.350 e. The van der Waals surface area contributed by atoms with Crippen LogP contribution in [0.1, 0.15) is 18.9 Å². The van der Waals surface area contributed by atoms with E-state index in [1.807, 2.05) is 37.3 Å². The fourth-order valence-corrected chi connectivity index (χ4v) is 6.69. The van der Waals surface area contributed by atoms with Crippen molar-refractivity contribution in [3.8, 4) is 11.4 Å². The van der Waals surface area contributed by atoms with Crippen LogP contribution < -0.4 is 20.2 Å². The van der Waals surface area contributed by atoms with Gasteiger partial charge in [-0.25, -0.2) is 23.1 Å². The van der Waals surface area contributed by atoms with Crippen molar-refractivity contribution < 1.29 is 18.6 Å². The van der Waals surface area contributed by atoms with Crippen LogP contribution in [0.25, 0.3) is 5.69 Å². The van der Waals surface area contributed by atoms with Crippen LogP contribution in [0, 0.1) is 5.82 Å². The lowest BCUT2D eigenvalue weighted by Crippen LogP contribution is -2.46. The third-order valence-corrected chi connectivity index (χ3v) is 9.16. The maximum atomic E-state index is 15.3. The molecule has 5 aromatic rings. The summed E-state index contributed by atoms with van der Waals surface area (Å²) in [4.78, 5) is 17.0. The summed E-state index contributed by atoms with van der Waals surface area (Å²) >= 11 is 12.7. The van der Waals surface area contributed by atoms with Crippen molar-refractivity contribution in [3.63, 3.8) is 0 Å². The Hall–Kier alpha value is -4.50. The molecule has 0 bridgehead atoms. The van der Waals surface area contributed by atoms with Gasteiger partial charge in [-0.2, -0.15) is 5.10 Å². The van der Waals surface area contributed by atoms with E-state index >= 15 is 4.39 Å². The van der Waals surface area contributed by atoms with E-state index in [4.69, 9.17) is 37.4 Å². The summed E-state index contributed by atoms with van der Waals surface area (Å²) in [7, 11) is 0. The van der Waals surface area contributed by atoms with Crippen LogP contribution in [0.2, 0.25) is 10.0 Å². The molecule has 0 saturated carbocycles. The highest BCUT2D eigenvalue weighted by molar-refractivity contribution is 6.35. The lowest BCUT2D eigenvalue weighted by Gasteiger charge is -2.37. The molecule has 0 N–H and O–H groups in total. The summed E-state index contributed by atoms with van der Waals surface area (Å²) in [6, 6.07) is 17.9. The van der Waals surface area contributed by atoms with Gasteiger partial charge in [0.2, 0.25) is 5.79 Å². The van der Waals surface area contributed by atoms with Crippen molar-refractivity contribution in [3.05, 3.63) is 105 Å². The molecule has 0 aliphatic carbocycles. The first kappa shape index (κ1) is 33.0. The van der Waals surface area contributed by atoms with Crippen LogP contribution in [0.4, 0.5) is 15.8 Å². The molecular weight excluding hydrogens is 676 g/mol. The van der Waals surface area contributed by atoms with E-state index < -0.39 is 17.7 Å². The summed E-state index contributed by atoms with van der Waals surface area (Å²) in [6.07, 6.45) is 3.32. The monoisotopic (exact) mass is 709 g/mol. The Bertz CT molecular complexity index is 1950. The Morgan fingerprint density at radius 1 is 0.959 bits per heavy atom. The van der Waals surface area contributed by atoms with Crippen molar-refractivity contribution in [2.24, 2.45) is 0 Å². The van der Waals surface area contributed by atoms with Gasteiger partial charge in [-0.1, -0.05) is 36.2 Å². The van der Waals surface area contributed by atoms with E-state index in [9.17, 15) is 4.79 Å². The smallest absolute Gasteiger partial charge is 0.350 e. The van der Waals surface area contributed by atoms with Crippen LogP contribution in [0.5, 0.6) is 5.75 Å². The molecule has 2 aliphatic heterocycles. The predicted molar refractivity (Wildman–Crippen MR) is 181 cm³/mol. The topological polar surface area (TPSA) is 118 Å². The van der Waals surface area contributed by atoms with Crippen LogP contribution in [0.15, 0.2) is 78.1 Å². The molecule has 16 heteroatoms. The summed E-state index contributed by atoms with van der Waals surface area (Å²) in [5.74, 6) is -1.64. The van der Waals surface area contributed by atoms with Crippen molar-refractivity contribution >= 4 is 34.6 Å². The molecule has 256 valence electrons. The molecule has 0 amide bonds. The molecule has 2 saturated heterocycles. The summed E-state index contributed by atoms with van der Waals surface area (Å²) in [6.45, 7) is 5.91. The molecule has 2 atom stereocenters. The molecule has 3 aromatic carbocycles. The number of benzene rings is 3. The highest BCUT2D eigenvalue weighted by Crippen LogP contribution is 2.40. The van der Waals surface area contributed by atoms with Gasteiger partial charge in [0.1, 0.15) is 31.9 Å². The van der Waals surface area contributed by atoms with Gasteiger partial charge in [0.25, 0.3) is 0 Å². The zero-order valence-corrected chi connectivity index (χ0v) is 28.2. The Balaban J connectivity index is 0.948. The average Bonchev–Trinajstić information content (AvgIpc) is 3.86. The van der Waals surface area contributed by atoms with Gasteiger partial charge in [-0.05, 0) is 65.4 Å². The largest absolute Gasteiger partial charge is 0.488 e. The fraction of sp³-hybridized carbons (Fsp3) is 0.364. The van der Waals surface area contributed by atoms with E-state index in [0.717, 1.165) is 36.6 Å². The van der Waals surface area contributed by atoms with Gasteiger partial charge >= 0.3 is 5.69 Å². The number of rotatable bonds is 11. The predicted octanol–water partition coefficient (Wildman–Crippen LogP) is 4.55. The van der Waals surface area contributed by atoms with Gasteiger partial charge in [-0.3, -0.25) is 0 Å². The Labute approximate surface area is 291 Å². The molecule has 4 heterocycles. The second-order valence-electron chi connectivity index (χ2n) is 11.9. The normalized spacial score (nSPS) is 19.5. The number of aromatic nitrogens is 7. The Morgan fingerprint density at radius 2 is 1.69 bits per heavy atom. The third kappa shape index (κ3) is 6.99. The lowest BCUT2D eigenvalue weighted by molar-refractivity contribution is -0.190. The standard InChI is InChI=1S/C33H34Cl2FN9O4/c1-2-11-45-32(46)44(22-38-45)25-6-4-24(5-7-25)41-12-14-42(15-13-41)26-8-10-31(30(36)17-26)47-18-27-19-48-33(49-27,20-43-21-37-39-40-43)28-9-3-23(34)16-29(28)35/h3-10,16-17,21-22,27H,2,11-15,18-20H2,1H3/t27-,33-/m1/s1. The molecule has 2 aliphatic rings. The van der Waals surface area contributed by atoms with E-state index in [-0.39, 0.29) is 31.2 Å². The molecule has 0 radical (unpaired) electrons. The highest BCUT2D eigenvalue weighted by atomic mass is 35.5. The number of nitrogens with zero attached hydrogens (tertiary/aromatic N) is 9. The lowest BCUT2D eigenvalue weighted by atomic mass is 10.1. The zero-order chi connectivity index (χ0) is 34.0. The SMILES string of the molecule is CCCn1ncn(-c2ccc(N3CCN(c4ccc(OC[C@@H]5CO[C@@](Cn6cnnn6)(c6ccc(Cl)cc6Cl)O5)c(F)c4)CC3)cc2)c1=O. The van der Waals surface area contributed by atoms with Crippen molar-refractivity contribution in [2.75, 3.05) is 49.2 Å². The first-order valence-electron chi connectivity index (χ1n) is 16.0. The van der Waals surface area contributed by atoms with Crippen LogP contribution in [-0.2, 0) is 28.4 Å². The number of ether oxygens (including phenoxy) is 3. The number of hydrogen-bond acceptors (Lipinski definition) is 10. The van der Waals surface area contributed by atoms with Gasteiger partial charge in [-0.15, -0.1) is 5.10 Å². The third-order valence-electron chi connectivity index (χ3n) is 8.61. The maximum absolute atomic E-state index is 15.3. The summed E-state index contributed by atoms with van der Waals surface area (Å²) < 4.78 is 38.2. The van der Waals surface area contributed by atoms with Gasteiger partial charge in [0.15, 0.2) is 11.6 Å². The van der Waals surface area contributed by atoms with E-state index in [2.05, 4.69) is 30.4 Å². The van der Waals surface area contributed by atoms with Gasteiger partial charge in [0.05, 0.1) is 17.3 Å². The van der Waals surface area contributed by atoms with Gasteiger partial charge in [0, 0.05) is 60.8 Å². The molecule has 13 nitrogen and oxygen atoms in total. The zero-order valence-electron chi connectivity index (χ0n) is 26.7. The van der Waals surface area contributed by atoms with Crippen LogP contribution in [0.3, 0.4) is 0 Å². The summed E-state index contributed by atoms with van der Waals surface area (Å²) in [5, 5.41) is 16.4. The number of hydrogen-bond donors (Lipinski definition) is 0. The number of piperazine rings is 1. The number of tetrazole rings is 1. The van der Waals surface area contributed by atoms with E-state index in [0.29, 0.717) is 35.2 Å². The molecular formula is C33H34Cl2FN9O4. The number of aryl methyl sites for hydroxylation is 1. The molecule has 7 rings (SSSR count). The van der Waals surface area contributed by atoms with Crippen molar-refractivity contribution in [2.45, 2.75) is 38.3 Å². The van der Waals surface area contributed by atoms with Crippen LogP contribution in [-0.4, -0.2) is 80.1 Å². The van der Waals surface area contributed by atoms with Crippen molar-refractivity contribution in [1.82, 2.24) is 34.6 Å². The van der Waals surface area contributed by atoms with Crippen LogP contribution >= 0.6 is 23.2 Å². The fourth-order valence-electron chi connectivity index (χ4n) is 6.13. The minimum atomic E-state index is -1.30. The molecule has 0 unspecified atom stereocenters. The van der Waals surface area contributed by atoms with Crippen molar-refractivity contribution in [1.29, 1.82) is 0 Å². The Kier molecular flexibility index (Phi) is 9.54. The average molecular weight is 711 g/mol. The minimum Gasteiger partial charge on any atom is -0.488 e. The molecule has 2 fully saturated rings. The summed E-state index contributed by atoms with van der Waals surface area (Å²) in [5.41, 5.74) is 3.03.